The summed E-state index contributed by atoms with van der Waals surface area (Å²) in [5.74, 6) is -1.93. The van der Waals surface area contributed by atoms with Crippen molar-refractivity contribution in [2.75, 3.05) is 0 Å². The molecule has 0 aromatic carbocycles. The van der Waals surface area contributed by atoms with Crippen molar-refractivity contribution in [3.63, 3.8) is 0 Å². The van der Waals surface area contributed by atoms with Gasteiger partial charge in [0.15, 0.2) is 0 Å². The fourth-order valence-corrected chi connectivity index (χ4v) is 2.49. The van der Waals surface area contributed by atoms with Crippen LogP contribution in [0.15, 0.2) is 0 Å². The number of alkyl halides is 3. The first-order valence-electron chi connectivity index (χ1n) is 6.90. The van der Waals surface area contributed by atoms with E-state index in [0.717, 1.165) is 12.8 Å². The Kier molecular flexibility index (Phi) is 5.64. The third-order valence-corrected chi connectivity index (χ3v) is 4.07. The Bertz CT molecular complexity index is 307. The normalized spacial score (nSPS) is 27.7. The summed E-state index contributed by atoms with van der Waals surface area (Å²) in [5, 5.41) is 2.51. The molecule has 0 heterocycles. The van der Waals surface area contributed by atoms with Crippen LogP contribution in [0.1, 0.15) is 46.0 Å². The molecule has 1 saturated carbocycles. The van der Waals surface area contributed by atoms with Crippen LogP contribution in [0.2, 0.25) is 0 Å². The topological polar surface area (TPSA) is 55.1 Å². The van der Waals surface area contributed by atoms with Crippen LogP contribution < -0.4 is 11.1 Å². The van der Waals surface area contributed by atoms with Gasteiger partial charge in [0, 0.05) is 6.04 Å². The van der Waals surface area contributed by atoms with Crippen LogP contribution in [0, 0.1) is 11.8 Å². The van der Waals surface area contributed by atoms with E-state index < -0.39 is 30.1 Å². The minimum Gasteiger partial charge on any atom is -0.351 e. The fraction of sp³-hybridized carbons (Fsp3) is 0.923. The van der Waals surface area contributed by atoms with Crippen molar-refractivity contribution in [1.82, 2.24) is 5.32 Å². The molecule has 2 unspecified atom stereocenters. The van der Waals surface area contributed by atoms with Gasteiger partial charge in [-0.25, -0.2) is 0 Å². The number of nitrogens with two attached hydrogens (primary N) is 1. The number of hydrogen-bond donors (Lipinski definition) is 2. The van der Waals surface area contributed by atoms with Crippen molar-refractivity contribution in [1.29, 1.82) is 0 Å². The number of halogens is 3. The number of hydrogen-bond acceptors (Lipinski definition) is 2. The molecule has 0 bridgehead atoms. The van der Waals surface area contributed by atoms with E-state index >= 15 is 0 Å². The van der Waals surface area contributed by atoms with Crippen molar-refractivity contribution in [3.8, 4) is 0 Å². The first kappa shape index (κ1) is 16.3. The Balaban J connectivity index is 2.65. The summed E-state index contributed by atoms with van der Waals surface area (Å²) < 4.78 is 38.7. The predicted octanol–water partition coefficient (Wildman–Crippen LogP) is 2.60. The fourth-order valence-electron chi connectivity index (χ4n) is 2.49. The molecule has 3 nitrogen and oxygen atoms in total. The van der Waals surface area contributed by atoms with Gasteiger partial charge < -0.3 is 11.1 Å². The highest BCUT2D eigenvalue weighted by Crippen LogP contribution is 2.37. The molecule has 1 aliphatic carbocycles. The molecule has 3 N–H and O–H groups in total. The third-order valence-electron chi connectivity index (χ3n) is 4.07. The lowest BCUT2D eigenvalue weighted by atomic mass is 9.83. The van der Waals surface area contributed by atoms with Gasteiger partial charge in [0.1, 0.15) is 0 Å². The van der Waals surface area contributed by atoms with Crippen LogP contribution in [0.3, 0.4) is 0 Å². The number of rotatable bonds is 4. The SMILES string of the molecule is CC[C@H](C)[C@H](N)C(=O)NC1CCCCC1C(F)(F)F. The average Bonchev–Trinajstić information content (AvgIpc) is 2.36. The van der Waals surface area contributed by atoms with Crippen molar-refractivity contribution < 1.29 is 18.0 Å². The highest BCUT2D eigenvalue weighted by molar-refractivity contribution is 5.82. The second-order valence-electron chi connectivity index (χ2n) is 5.46. The van der Waals surface area contributed by atoms with Crippen molar-refractivity contribution in [3.05, 3.63) is 0 Å². The molecule has 4 atom stereocenters. The Morgan fingerprint density at radius 3 is 2.47 bits per heavy atom. The summed E-state index contributed by atoms with van der Waals surface area (Å²) >= 11 is 0. The van der Waals surface area contributed by atoms with Crippen LogP contribution in [-0.2, 0) is 4.79 Å². The van der Waals surface area contributed by atoms with E-state index in [-0.39, 0.29) is 12.3 Å². The molecule has 0 aliphatic heterocycles. The highest BCUT2D eigenvalue weighted by atomic mass is 19.4. The number of nitrogens with one attached hydrogen (secondary N) is 1. The lowest BCUT2D eigenvalue weighted by Gasteiger charge is -2.34. The van der Waals surface area contributed by atoms with Crippen LogP contribution in [-0.4, -0.2) is 24.2 Å². The highest BCUT2D eigenvalue weighted by Gasteiger charge is 2.46. The zero-order chi connectivity index (χ0) is 14.6. The first-order chi connectivity index (χ1) is 8.77. The molecule has 112 valence electrons. The number of carbonyl (C=O) groups is 1. The largest absolute Gasteiger partial charge is 0.393 e. The van der Waals surface area contributed by atoms with Gasteiger partial charge in [-0.1, -0.05) is 33.1 Å². The van der Waals surface area contributed by atoms with E-state index in [4.69, 9.17) is 5.73 Å². The summed E-state index contributed by atoms with van der Waals surface area (Å²) in [6, 6.07) is -1.56. The van der Waals surface area contributed by atoms with Crippen molar-refractivity contribution in [2.45, 2.75) is 64.2 Å². The van der Waals surface area contributed by atoms with Gasteiger partial charge >= 0.3 is 6.18 Å². The molecule has 1 aliphatic rings. The Morgan fingerprint density at radius 2 is 1.95 bits per heavy atom. The summed E-state index contributed by atoms with van der Waals surface area (Å²) in [4.78, 5) is 11.9. The predicted molar refractivity (Wildman–Crippen MR) is 67.4 cm³/mol. The monoisotopic (exact) mass is 280 g/mol. The van der Waals surface area contributed by atoms with E-state index in [9.17, 15) is 18.0 Å². The average molecular weight is 280 g/mol. The van der Waals surface area contributed by atoms with E-state index in [0.29, 0.717) is 12.8 Å². The van der Waals surface area contributed by atoms with Gasteiger partial charge in [-0.15, -0.1) is 0 Å². The lowest BCUT2D eigenvalue weighted by Crippen LogP contribution is -2.53. The summed E-state index contributed by atoms with van der Waals surface area (Å²) in [6.45, 7) is 3.73. The molecular formula is C13H23F3N2O. The van der Waals surface area contributed by atoms with Gasteiger partial charge in [0.25, 0.3) is 0 Å². The maximum absolute atomic E-state index is 12.9. The van der Waals surface area contributed by atoms with Crippen LogP contribution in [0.25, 0.3) is 0 Å². The molecule has 19 heavy (non-hydrogen) atoms. The first-order valence-corrected chi connectivity index (χ1v) is 6.90. The number of amides is 1. The van der Waals surface area contributed by atoms with Crippen LogP contribution >= 0.6 is 0 Å². The van der Waals surface area contributed by atoms with Gasteiger partial charge in [0.2, 0.25) is 5.91 Å². The second-order valence-corrected chi connectivity index (χ2v) is 5.46. The van der Waals surface area contributed by atoms with E-state index in [1.165, 1.54) is 0 Å². The van der Waals surface area contributed by atoms with Gasteiger partial charge in [-0.3, -0.25) is 4.79 Å². The minimum absolute atomic E-state index is 0.0343. The molecule has 0 radical (unpaired) electrons. The zero-order valence-electron chi connectivity index (χ0n) is 11.5. The van der Waals surface area contributed by atoms with Gasteiger partial charge in [0.05, 0.1) is 12.0 Å². The molecule has 0 aromatic heterocycles. The second kappa shape index (κ2) is 6.59. The maximum atomic E-state index is 12.9. The molecular weight excluding hydrogens is 257 g/mol. The molecule has 6 heteroatoms. The lowest BCUT2D eigenvalue weighted by molar-refractivity contribution is -0.189. The molecule has 0 aromatic rings. The van der Waals surface area contributed by atoms with Crippen LogP contribution in [0.4, 0.5) is 13.2 Å². The number of carbonyl (C=O) groups excluding carboxylic acids is 1. The zero-order valence-corrected chi connectivity index (χ0v) is 11.5. The maximum Gasteiger partial charge on any atom is 0.393 e. The quantitative estimate of drug-likeness (QED) is 0.831. The van der Waals surface area contributed by atoms with E-state index in [2.05, 4.69) is 5.32 Å². The van der Waals surface area contributed by atoms with Crippen LogP contribution in [0.5, 0.6) is 0 Å². The molecule has 0 spiro atoms. The molecule has 1 amide bonds. The summed E-state index contributed by atoms with van der Waals surface area (Å²) in [5.41, 5.74) is 5.75. The Morgan fingerprint density at radius 1 is 1.37 bits per heavy atom. The third kappa shape index (κ3) is 4.37. The molecule has 1 fully saturated rings. The van der Waals surface area contributed by atoms with Gasteiger partial charge in [-0.05, 0) is 18.8 Å². The smallest absolute Gasteiger partial charge is 0.351 e. The van der Waals surface area contributed by atoms with Crippen molar-refractivity contribution in [2.24, 2.45) is 17.6 Å². The standard InChI is InChI=1S/C13H23F3N2O/c1-3-8(2)11(17)12(19)18-10-7-5-4-6-9(10)13(14,15)16/h8-11H,3-7,17H2,1-2H3,(H,18,19)/t8-,9?,10?,11-/m0/s1. The van der Waals surface area contributed by atoms with E-state index in [1.807, 2.05) is 13.8 Å². The molecule has 1 rings (SSSR count). The minimum atomic E-state index is -4.25. The molecule has 0 saturated heterocycles. The van der Waals surface area contributed by atoms with Crippen molar-refractivity contribution >= 4 is 5.91 Å². The Labute approximate surface area is 112 Å². The summed E-state index contributed by atoms with van der Waals surface area (Å²) in [6.07, 6.45) is -1.78. The summed E-state index contributed by atoms with van der Waals surface area (Å²) in [7, 11) is 0. The Hall–Kier alpha value is -0.780. The van der Waals surface area contributed by atoms with E-state index in [1.54, 1.807) is 0 Å². The van der Waals surface area contributed by atoms with Gasteiger partial charge in [-0.2, -0.15) is 13.2 Å².